The summed E-state index contributed by atoms with van der Waals surface area (Å²) in [7, 11) is 0. The van der Waals surface area contributed by atoms with Gasteiger partial charge in [0.25, 0.3) is 0 Å². The molecule has 1 fully saturated rings. The summed E-state index contributed by atoms with van der Waals surface area (Å²) in [4.78, 5) is 10.2. The van der Waals surface area contributed by atoms with E-state index in [1.807, 2.05) is 4.90 Å². The van der Waals surface area contributed by atoms with Gasteiger partial charge in [-0.2, -0.15) is 4.99 Å². The Morgan fingerprint density at radius 1 is 1.16 bits per heavy atom. The second kappa shape index (κ2) is 6.17. The van der Waals surface area contributed by atoms with Crippen LogP contribution in [-0.4, -0.2) is 29.9 Å². The summed E-state index contributed by atoms with van der Waals surface area (Å²) in [5, 5.41) is 0. The maximum Gasteiger partial charge on any atom is 0.218 e. The molecule has 5 nitrogen and oxygen atoms in total. The molecular weight excluding hydrogens is 245 g/mol. The topological polar surface area (TPSA) is 80.0 Å². The lowest BCUT2D eigenvalue weighted by Gasteiger charge is -2.15. The second-order valence-corrected chi connectivity index (χ2v) is 4.47. The maximum atomic E-state index is 12.7. The molecule has 0 unspecified atom stereocenters. The van der Waals surface area contributed by atoms with Gasteiger partial charge in [0.1, 0.15) is 5.82 Å². The van der Waals surface area contributed by atoms with Crippen molar-refractivity contribution in [2.24, 2.45) is 21.5 Å². The highest BCUT2D eigenvalue weighted by molar-refractivity contribution is 5.93. The van der Waals surface area contributed by atoms with Crippen molar-refractivity contribution in [1.82, 2.24) is 4.90 Å². The molecule has 0 aliphatic carbocycles. The quantitative estimate of drug-likeness (QED) is 0.618. The van der Waals surface area contributed by atoms with E-state index in [2.05, 4.69) is 9.98 Å². The molecule has 1 aromatic rings. The first-order valence-electron chi connectivity index (χ1n) is 6.28. The smallest absolute Gasteiger partial charge is 0.218 e. The van der Waals surface area contributed by atoms with E-state index in [0.717, 1.165) is 31.5 Å². The molecule has 1 aromatic carbocycles. The Kier molecular flexibility index (Phi) is 4.33. The predicted molar refractivity (Wildman–Crippen MR) is 74.2 cm³/mol. The third kappa shape index (κ3) is 3.94. The van der Waals surface area contributed by atoms with Gasteiger partial charge >= 0.3 is 0 Å². The van der Waals surface area contributed by atoms with E-state index < -0.39 is 0 Å². The molecule has 0 saturated carbocycles. The number of benzene rings is 1. The molecule has 102 valence electrons. The molecule has 19 heavy (non-hydrogen) atoms. The minimum Gasteiger partial charge on any atom is -0.369 e. The van der Waals surface area contributed by atoms with Crippen molar-refractivity contribution in [3.63, 3.8) is 0 Å². The first kappa shape index (κ1) is 13.3. The van der Waals surface area contributed by atoms with E-state index in [4.69, 9.17) is 11.5 Å². The van der Waals surface area contributed by atoms with Gasteiger partial charge in [0.15, 0.2) is 5.96 Å². The van der Waals surface area contributed by atoms with E-state index in [1.54, 1.807) is 12.1 Å². The number of halogens is 1. The lowest BCUT2D eigenvalue weighted by Crippen LogP contribution is -2.36. The first-order chi connectivity index (χ1) is 9.15. The van der Waals surface area contributed by atoms with Crippen LogP contribution in [0.1, 0.15) is 18.4 Å². The van der Waals surface area contributed by atoms with Gasteiger partial charge in [-0.25, -0.2) is 9.38 Å². The SMILES string of the molecule is NC(=NCc1ccc(F)cc1)/N=C(\N)N1CCCC1. The van der Waals surface area contributed by atoms with Crippen molar-refractivity contribution in [1.29, 1.82) is 0 Å². The standard InChI is InChI=1S/C13H18FN5/c14-11-5-3-10(4-6-11)9-17-12(15)18-13(16)19-7-1-2-8-19/h3-6H,1-2,7-9H2,(H4,15,16,17,18). The number of aliphatic imine (C=N–C) groups is 2. The van der Waals surface area contributed by atoms with E-state index >= 15 is 0 Å². The highest BCUT2D eigenvalue weighted by atomic mass is 19.1. The number of guanidine groups is 2. The van der Waals surface area contributed by atoms with Crippen LogP contribution < -0.4 is 11.5 Å². The predicted octanol–water partition coefficient (Wildman–Crippen LogP) is 1.05. The number of likely N-dealkylation sites (tertiary alicyclic amines) is 1. The molecule has 6 heteroatoms. The van der Waals surface area contributed by atoms with E-state index in [-0.39, 0.29) is 11.8 Å². The Balaban J connectivity index is 1.94. The minimum atomic E-state index is -0.267. The van der Waals surface area contributed by atoms with Crippen LogP contribution in [-0.2, 0) is 6.54 Å². The summed E-state index contributed by atoms with van der Waals surface area (Å²) in [6.07, 6.45) is 2.26. The highest BCUT2D eigenvalue weighted by Crippen LogP contribution is 2.06. The molecule has 0 aromatic heterocycles. The fourth-order valence-corrected chi connectivity index (χ4v) is 1.93. The minimum absolute atomic E-state index is 0.147. The van der Waals surface area contributed by atoms with Crippen molar-refractivity contribution in [3.8, 4) is 0 Å². The average Bonchev–Trinajstić information content (AvgIpc) is 2.92. The van der Waals surface area contributed by atoms with Crippen molar-refractivity contribution in [2.75, 3.05) is 13.1 Å². The van der Waals surface area contributed by atoms with Crippen molar-refractivity contribution >= 4 is 11.9 Å². The van der Waals surface area contributed by atoms with E-state index in [9.17, 15) is 4.39 Å². The molecule has 0 spiro atoms. The van der Waals surface area contributed by atoms with Crippen molar-refractivity contribution in [3.05, 3.63) is 35.6 Å². The molecule has 0 atom stereocenters. The molecule has 4 N–H and O–H groups in total. The third-order valence-electron chi connectivity index (χ3n) is 3.00. The van der Waals surface area contributed by atoms with Gasteiger partial charge in [-0.3, -0.25) is 0 Å². The monoisotopic (exact) mass is 263 g/mol. The molecule has 1 saturated heterocycles. The largest absolute Gasteiger partial charge is 0.369 e. The van der Waals surface area contributed by atoms with Crippen LogP contribution >= 0.6 is 0 Å². The van der Waals surface area contributed by atoms with Crippen molar-refractivity contribution < 1.29 is 4.39 Å². The first-order valence-corrected chi connectivity index (χ1v) is 6.28. The number of nitrogens with zero attached hydrogens (tertiary/aromatic N) is 3. The summed E-state index contributed by atoms with van der Waals surface area (Å²) >= 11 is 0. The Morgan fingerprint density at radius 3 is 2.42 bits per heavy atom. The Bertz CT molecular complexity index is 474. The average molecular weight is 263 g/mol. The molecule has 0 radical (unpaired) electrons. The van der Waals surface area contributed by atoms with Gasteiger partial charge in [-0.15, -0.1) is 0 Å². The van der Waals surface area contributed by atoms with Crippen LogP contribution in [0.25, 0.3) is 0 Å². The Labute approximate surface area is 111 Å². The van der Waals surface area contributed by atoms with Gasteiger partial charge in [-0.1, -0.05) is 12.1 Å². The van der Waals surface area contributed by atoms with Crippen LogP contribution in [0.4, 0.5) is 4.39 Å². The lowest BCUT2D eigenvalue weighted by atomic mass is 10.2. The fourth-order valence-electron chi connectivity index (χ4n) is 1.93. The molecule has 1 aliphatic heterocycles. The third-order valence-corrected chi connectivity index (χ3v) is 3.00. The van der Waals surface area contributed by atoms with Crippen LogP contribution in [0.2, 0.25) is 0 Å². The van der Waals surface area contributed by atoms with Crippen LogP contribution in [0.15, 0.2) is 34.3 Å². The maximum absolute atomic E-state index is 12.7. The molecule has 0 bridgehead atoms. The summed E-state index contributed by atoms with van der Waals surface area (Å²) in [5.41, 5.74) is 12.4. The summed E-state index contributed by atoms with van der Waals surface area (Å²) < 4.78 is 12.7. The summed E-state index contributed by atoms with van der Waals surface area (Å²) in [5.74, 6) is 0.295. The number of hydrogen-bond donors (Lipinski definition) is 2. The van der Waals surface area contributed by atoms with Gasteiger partial charge in [0, 0.05) is 13.1 Å². The summed E-state index contributed by atoms with van der Waals surface area (Å²) in [6, 6.07) is 6.12. The highest BCUT2D eigenvalue weighted by Gasteiger charge is 2.13. The summed E-state index contributed by atoms with van der Waals surface area (Å²) in [6.45, 7) is 2.20. The molecular formula is C13H18FN5. The zero-order chi connectivity index (χ0) is 13.7. The fraction of sp³-hybridized carbons (Fsp3) is 0.385. The number of rotatable bonds is 2. The zero-order valence-corrected chi connectivity index (χ0v) is 10.7. The Morgan fingerprint density at radius 2 is 1.79 bits per heavy atom. The molecule has 2 rings (SSSR count). The van der Waals surface area contributed by atoms with Gasteiger partial charge < -0.3 is 16.4 Å². The number of hydrogen-bond acceptors (Lipinski definition) is 1. The van der Waals surface area contributed by atoms with E-state index in [1.165, 1.54) is 12.1 Å². The van der Waals surface area contributed by atoms with Gasteiger partial charge in [0.05, 0.1) is 6.54 Å². The van der Waals surface area contributed by atoms with Gasteiger partial charge in [-0.05, 0) is 30.5 Å². The Hall–Kier alpha value is -2.11. The lowest BCUT2D eigenvalue weighted by molar-refractivity contribution is 0.514. The molecule has 1 heterocycles. The van der Waals surface area contributed by atoms with Crippen molar-refractivity contribution in [2.45, 2.75) is 19.4 Å². The normalized spacial score (nSPS) is 17.0. The zero-order valence-electron chi connectivity index (χ0n) is 10.7. The van der Waals surface area contributed by atoms with Gasteiger partial charge in [0.2, 0.25) is 5.96 Å². The molecule has 1 aliphatic rings. The number of nitrogens with two attached hydrogens (primary N) is 2. The van der Waals surface area contributed by atoms with E-state index in [0.29, 0.717) is 12.5 Å². The molecule has 0 amide bonds. The van der Waals surface area contributed by atoms with Crippen LogP contribution in [0, 0.1) is 5.82 Å². The van der Waals surface area contributed by atoms with Crippen LogP contribution in [0.5, 0.6) is 0 Å². The second-order valence-electron chi connectivity index (χ2n) is 4.47. The van der Waals surface area contributed by atoms with Crippen LogP contribution in [0.3, 0.4) is 0 Å².